The number of carbonyl (C=O) groups is 1. The number of rotatable bonds is 7. The van der Waals surface area contributed by atoms with Crippen LogP contribution in [0.3, 0.4) is 0 Å². The third kappa shape index (κ3) is 6.41. The Hall–Kier alpha value is -2.56. The van der Waals surface area contributed by atoms with Gasteiger partial charge in [0, 0.05) is 50.4 Å². The zero-order valence-corrected chi connectivity index (χ0v) is 22.7. The smallest absolute Gasteiger partial charge is 0.272 e. The molecule has 4 rings (SSSR count). The fraction of sp³-hybridized carbons (Fsp3) is 0.577. The summed E-state index contributed by atoms with van der Waals surface area (Å²) in [6.45, 7) is 11.9. The summed E-state index contributed by atoms with van der Waals surface area (Å²) < 4.78 is 25.4. The van der Waals surface area contributed by atoms with Crippen LogP contribution in [-0.2, 0) is 22.0 Å². The summed E-state index contributed by atoms with van der Waals surface area (Å²) >= 11 is 0. The van der Waals surface area contributed by atoms with Crippen molar-refractivity contribution in [3.8, 4) is 0 Å². The Morgan fingerprint density at radius 3 is 2.31 bits per heavy atom. The number of sulfonamides is 1. The molecule has 2 aromatic rings. The van der Waals surface area contributed by atoms with Gasteiger partial charge in [-0.05, 0) is 36.3 Å². The summed E-state index contributed by atoms with van der Waals surface area (Å²) in [4.78, 5) is 26.1. The van der Waals surface area contributed by atoms with Crippen LogP contribution in [0.15, 0.2) is 30.6 Å². The second-order valence-electron chi connectivity index (χ2n) is 11.1. The molecule has 0 spiro atoms. The van der Waals surface area contributed by atoms with Crippen molar-refractivity contribution in [1.29, 1.82) is 0 Å². The quantitative estimate of drug-likeness (QED) is 0.585. The lowest BCUT2D eigenvalue weighted by molar-refractivity contribution is 0.0376. The monoisotopic (exact) mass is 514 g/mol. The Morgan fingerprint density at radius 1 is 1.08 bits per heavy atom. The van der Waals surface area contributed by atoms with Gasteiger partial charge in [0.15, 0.2) is 0 Å². The molecule has 1 aromatic carbocycles. The van der Waals surface area contributed by atoms with Crippen LogP contribution in [0, 0.1) is 6.92 Å². The van der Waals surface area contributed by atoms with E-state index in [1.54, 1.807) is 0 Å². The molecule has 10 heteroatoms. The second-order valence-corrected chi connectivity index (χ2v) is 12.8. The standard InChI is InChI=1S/C26H38N6O3S/c1-18-23(28-17-29-24(18)27-14-19-6-8-20(9-7-19)26(2,3)4)25(33)31-12-10-22(11-13-31)32-15-21(16-32)30-36(5,34)35/h6-9,17,21-22,30H,10-16H2,1-5H3,(H,27,28,29). The van der Waals surface area contributed by atoms with E-state index in [4.69, 9.17) is 0 Å². The molecule has 0 saturated carbocycles. The highest BCUT2D eigenvalue weighted by molar-refractivity contribution is 7.88. The summed E-state index contributed by atoms with van der Waals surface area (Å²) in [5.41, 5.74) is 3.76. The molecule has 196 valence electrons. The molecule has 2 fully saturated rings. The highest BCUT2D eigenvalue weighted by atomic mass is 32.2. The minimum atomic E-state index is -3.17. The summed E-state index contributed by atoms with van der Waals surface area (Å²) in [6, 6.07) is 8.93. The van der Waals surface area contributed by atoms with Crippen molar-refractivity contribution in [2.24, 2.45) is 0 Å². The topological polar surface area (TPSA) is 108 Å². The highest BCUT2D eigenvalue weighted by Gasteiger charge is 2.36. The van der Waals surface area contributed by atoms with Crippen LogP contribution in [0.4, 0.5) is 5.82 Å². The van der Waals surface area contributed by atoms with Crippen molar-refractivity contribution in [3.05, 3.63) is 53.0 Å². The molecular weight excluding hydrogens is 476 g/mol. The third-order valence-electron chi connectivity index (χ3n) is 7.13. The lowest BCUT2D eigenvalue weighted by Crippen LogP contribution is -2.63. The minimum absolute atomic E-state index is 0.00863. The fourth-order valence-corrected chi connectivity index (χ4v) is 5.68. The molecule has 9 nitrogen and oxygen atoms in total. The van der Waals surface area contributed by atoms with Crippen LogP contribution < -0.4 is 10.0 Å². The fourth-order valence-electron chi connectivity index (χ4n) is 4.92. The first kappa shape index (κ1) is 26.5. The molecule has 0 radical (unpaired) electrons. The SMILES string of the molecule is Cc1c(NCc2ccc(C(C)(C)C)cc2)ncnc1C(=O)N1CCC(N2CC(NS(C)(=O)=O)C2)CC1. The Balaban J connectivity index is 1.31. The predicted octanol–water partition coefficient (Wildman–Crippen LogP) is 2.53. The van der Waals surface area contributed by atoms with Gasteiger partial charge >= 0.3 is 0 Å². The lowest BCUT2D eigenvalue weighted by atomic mass is 9.87. The summed E-state index contributed by atoms with van der Waals surface area (Å²) in [5, 5.41) is 3.37. The number of nitrogens with zero attached hydrogens (tertiary/aromatic N) is 4. The maximum atomic E-state index is 13.3. The normalized spacial score (nSPS) is 18.2. The van der Waals surface area contributed by atoms with Gasteiger partial charge in [-0.3, -0.25) is 9.69 Å². The second kappa shape index (κ2) is 10.4. The summed E-state index contributed by atoms with van der Waals surface area (Å²) in [5.74, 6) is 0.610. The van der Waals surface area contributed by atoms with E-state index in [0.29, 0.717) is 37.2 Å². The zero-order valence-electron chi connectivity index (χ0n) is 21.9. The largest absolute Gasteiger partial charge is 0.366 e. The average Bonchev–Trinajstić information content (AvgIpc) is 2.79. The maximum Gasteiger partial charge on any atom is 0.272 e. The van der Waals surface area contributed by atoms with Crippen LogP contribution in [0.25, 0.3) is 0 Å². The first-order chi connectivity index (χ1) is 16.9. The molecule has 3 heterocycles. The molecule has 1 amide bonds. The Morgan fingerprint density at radius 2 is 1.72 bits per heavy atom. The van der Waals surface area contributed by atoms with E-state index in [2.05, 4.69) is 69.9 Å². The van der Waals surface area contributed by atoms with Crippen LogP contribution in [0.2, 0.25) is 0 Å². The predicted molar refractivity (Wildman–Crippen MR) is 142 cm³/mol. The van der Waals surface area contributed by atoms with Crippen LogP contribution in [-0.4, -0.2) is 78.6 Å². The summed E-state index contributed by atoms with van der Waals surface area (Å²) in [6.07, 6.45) is 4.39. The lowest BCUT2D eigenvalue weighted by Gasteiger charge is -2.47. The van der Waals surface area contributed by atoms with Crippen LogP contribution >= 0.6 is 0 Å². The van der Waals surface area contributed by atoms with Crippen molar-refractivity contribution in [1.82, 2.24) is 24.5 Å². The van der Waals surface area contributed by atoms with Crippen molar-refractivity contribution < 1.29 is 13.2 Å². The Labute approximate surface area is 214 Å². The number of hydrogen-bond acceptors (Lipinski definition) is 7. The molecule has 2 N–H and O–H groups in total. The van der Waals surface area contributed by atoms with E-state index in [1.165, 1.54) is 18.1 Å². The van der Waals surface area contributed by atoms with Gasteiger partial charge in [0.05, 0.1) is 6.26 Å². The molecule has 0 unspecified atom stereocenters. The number of likely N-dealkylation sites (tertiary alicyclic amines) is 2. The number of piperidine rings is 1. The van der Waals surface area contributed by atoms with E-state index < -0.39 is 10.0 Å². The van der Waals surface area contributed by atoms with Gasteiger partial charge in [-0.15, -0.1) is 0 Å². The molecule has 2 aliphatic heterocycles. The van der Waals surface area contributed by atoms with E-state index in [-0.39, 0.29) is 17.4 Å². The molecule has 1 aromatic heterocycles. The number of benzene rings is 1. The number of carbonyl (C=O) groups excluding carboxylic acids is 1. The number of aromatic nitrogens is 2. The first-order valence-electron chi connectivity index (χ1n) is 12.6. The molecule has 36 heavy (non-hydrogen) atoms. The minimum Gasteiger partial charge on any atom is -0.366 e. The van der Waals surface area contributed by atoms with Crippen LogP contribution in [0.1, 0.15) is 60.8 Å². The van der Waals surface area contributed by atoms with Gasteiger partial charge < -0.3 is 10.2 Å². The number of nitrogens with one attached hydrogen (secondary N) is 2. The molecule has 2 saturated heterocycles. The van der Waals surface area contributed by atoms with E-state index >= 15 is 0 Å². The summed E-state index contributed by atoms with van der Waals surface area (Å²) in [7, 11) is -3.17. The third-order valence-corrected chi connectivity index (χ3v) is 7.89. The van der Waals surface area contributed by atoms with Gasteiger partial charge in [-0.25, -0.2) is 23.1 Å². The van der Waals surface area contributed by atoms with Crippen molar-refractivity contribution in [2.75, 3.05) is 37.8 Å². The maximum absolute atomic E-state index is 13.3. The van der Waals surface area contributed by atoms with Gasteiger partial charge in [0.2, 0.25) is 10.0 Å². The molecular formula is C26H38N6O3S. The molecule has 0 bridgehead atoms. The van der Waals surface area contributed by atoms with Crippen molar-refractivity contribution >= 4 is 21.7 Å². The zero-order chi connectivity index (χ0) is 26.1. The van der Waals surface area contributed by atoms with Crippen LogP contribution in [0.5, 0.6) is 0 Å². The first-order valence-corrected chi connectivity index (χ1v) is 14.5. The van der Waals surface area contributed by atoms with Crippen molar-refractivity contribution in [2.45, 2.75) is 64.6 Å². The Kier molecular flexibility index (Phi) is 7.68. The van der Waals surface area contributed by atoms with E-state index in [9.17, 15) is 13.2 Å². The number of amides is 1. The van der Waals surface area contributed by atoms with Gasteiger partial charge in [0.1, 0.15) is 17.8 Å². The van der Waals surface area contributed by atoms with Gasteiger partial charge in [-0.1, -0.05) is 45.0 Å². The average molecular weight is 515 g/mol. The number of anilines is 1. The van der Waals surface area contributed by atoms with Gasteiger partial charge in [-0.2, -0.15) is 0 Å². The highest BCUT2D eigenvalue weighted by Crippen LogP contribution is 2.25. The molecule has 0 atom stereocenters. The van der Waals surface area contributed by atoms with Gasteiger partial charge in [0.25, 0.3) is 5.91 Å². The number of hydrogen-bond donors (Lipinski definition) is 2. The molecule has 0 aliphatic carbocycles. The molecule has 2 aliphatic rings. The Bertz CT molecular complexity index is 1180. The van der Waals surface area contributed by atoms with E-state index in [1.807, 2.05) is 11.8 Å². The van der Waals surface area contributed by atoms with Crippen molar-refractivity contribution in [3.63, 3.8) is 0 Å². The van der Waals surface area contributed by atoms with E-state index in [0.717, 1.165) is 37.1 Å².